The van der Waals surface area contributed by atoms with Crippen LogP contribution >= 0.6 is 0 Å². The first kappa shape index (κ1) is 7.54. The van der Waals surface area contributed by atoms with Crippen molar-refractivity contribution in [3.05, 3.63) is 0 Å². The molecule has 0 N–H and O–H groups in total. The highest BCUT2D eigenvalue weighted by molar-refractivity contribution is 5.85. The van der Waals surface area contributed by atoms with E-state index >= 15 is 0 Å². The molecule has 2 saturated heterocycles. The molecular weight excluding hydrogens is 166 g/mol. The maximum absolute atomic E-state index is 11.5. The van der Waals surface area contributed by atoms with Gasteiger partial charge in [-0.15, -0.1) is 0 Å². The molecule has 13 heavy (non-hydrogen) atoms. The van der Waals surface area contributed by atoms with Gasteiger partial charge in [0.1, 0.15) is 5.78 Å². The van der Waals surface area contributed by atoms with Gasteiger partial charge in [0, 0.05) is 31.8 Å². The zero-order valence-electron chi connectivity index (χ0n) is 7.53. The molecule has 3 nitrogen and oxygen atoms in total. The first-order chi connectivity index (χ1) is 6.25. The van der Waals surface area contributed by atoms with Gasteiger partial charge in [-0.2, -0.15) is 0 Å². The minimum atomic E-state index is 0.284. The van der Waals surface area contributed by atoms with E-state index in [4.69, 9.17) is 0 Å². The monoisotopic (exact) mass is 179 g/mol. The second kappa shape index (κ2) is 2.34. The lowest BCUT2D eigenvalue weighted by Gasteiger charge is -2.29. The fraction of sp³-hybridized carbons (Fsp3) is 0.800. The summed E-state index contributed by atoms with van der Waals surface area (Å²) in [6, 6.07) is 0.435. The summed E-state index contributed by atoms with van der Waals surface area (Å²) in [5, 5.41) is 0. The number of carbonyl (C=O) groups is 2. The van der Waals surface area contributed by atoms with Gasteiger partial charge in [0.15, 0.2) is 0 Å². The summed E-state index contributed by atoms with van der Waals surface area (Å²) in [6.07, 6.45) is 3.07. The molecule has 0 aromatic rings. The Balaban J connectivity index is 1.95. The van der Waals surface area contributed by atoms with Crippen molar-refractivity contribution in [2.45, 2.75) is 31.7 Å². The molecule has 3 aliphatic rings. The highest BCUT2D eigenvalue weighted by Crippen LogP contribution is 2.44. The van der Waals surface area contributed by atoms with Gasteiger partial charge >= 0.3 is 0 Å². The second-order valence-electron chi connectivity index (χ2n) is 4.54. The number of rotatable bonds is 0. The average molecular weight is 179 g/mol. The third-order valence-electron chi connectivity index (χ3n) is 3.80. The van der Waals surface area contributed by atoms with E-state index in [2.05, 4.69) is 0 Å². The van der Waals surface area contributed by atoms with Gasteiger partial charge < -0.3 is 4.90 Å². The van der Waals surface area contributed by atoms with E-state index in [1.54, 1.807) is 0 Å². The summed E-state index contributed by atoms with van der Waals surface area (Å²) in [7, 11) is 0. The molecule has 1 aliphatic carbocycles. The molecule has 0 radical (unpaired) electrons. The number of Topliss-reactive ketones (excluding diaryl/α,β-unsaturated/α-hetero) is 1. The van der Waals surface area contributed by atoms with Crippen molar-refractivity contribution in [3.8, 4) is 0 Å². The van der Waals surface area contributed by atoms with Crippen LogP contribution in [-0.4, -0.2) is 29.2 Å². The van der Waals surface area contributed by atoms with Crippen molar-refractivity contribution in [2.75, 3.05) is 6.54 Å². The molecule has 3 fully saturated rings. The Morgan fingerprint density at radius 3 is 2.69 bits per heavy atom. The lowest BCUT2D eigenvalue weighted by molar-refractivity contribution is -0.128. The molecule has 0 spiro atoms. The third-order valence-corrected chi connectivity index (χ3v) is 3.80. The molecule has 3 heteroatoms. The van der Waals surface area contributed by atoms with Gasteiger partial charge in [-0.1, -0.05) is 0 Å². The Labute approximate surface area is 77.1 Å². The molecule has 3 atom stereocenters. The summed E-state index contributed by atoms with van der Waals surface area (Å²) in [6.45, 7) is 0.901. The van der Waals surface area contributed by atoms with Gasteiger partial charge in [-0.05, 0) is 18.3 Å². The first-order valence-corrected chi connectivity index (χ1v) is 5.07. The SMILES string of the molecule is O=C1C[C@@H]2CCN3C(=O)C[C@H](C1)[C@H]23. The van der Waals surface area contributed by atoms with Crippen molar-refractivity contribution in [3.63, 3.8) is 0 Å². The third kappa shape index (κ3) is 0.901. The summed E-state index contributed by atoms with van der Waals surface area (Å²) in [4.78, 5) is 24.9. The van der Waals surface area contributed by atoms with Crippen LogP contribution in [0.1, 0.15) is 25.7 Å². The summed E-state index contributed by atoms with van der Waals surface area (Å²) in [5.74, 6) is 1.52. The lowest BCUT2D eigenvalue weighted by atomic mass is 9.77. The van der Waals surface area contributed by atoms with Crippen LogP contribution < -0.4 is 0 Å². The number of hydrogen-bond acceptors (Lipinski definition) is 2. The molecule has 0 unspecified atom stereocenters. The highest BCUT2D eigenvalue weighted by atomic mass is 16.2. The van der Waals surface area contributed by atoms with Crippen LogP contribution in [0.3, 0.4) is 0 Å². The van der Waals surface area contributed by atoms with E-state index in [0.717, 1.165) is 19.4 Å². The smallest absolute Gasteiger partial charge is 0.223 e. The Bertz CT molecular complexity index is 285. The van der Waals surface area contributed by atoms with Crippen molar-refractivity contribution in [2.24, 2.45) is 11.8 Å². The minimum Gasteiger partial charge on any atom is -0.339 e. The van der Waals surface area contributed by atoms with Crippen LogP contribution in [0.15, 0.2) is 0 Å². The maximum atomic E-state index is 11.5. The fourth-order valence-electron chi connectivity index (χ4n) is 3.36. The number of hydrogen-bond donors (Lipinski definition) is 0. The fourth-order valence-corrected chi connectivity index (χ4v) is 3.36. The Morgan fingerprint density at radius 2 is 1.85 bits per heavy atom. The highest BCUT2D eigenvalue weighted by Gasteiger charge is 2.51. The zero-order chi connectivity index (χ0) is 9.00. The summed E-state index contributed by atoms with van der Waals surface area (Å²) >= 11 is 0. The second-order valence-corrected chi connectivity index (χ2v) is 4.54. The molecule has 3 rings (SSSR count). The van der Waals surface area contributed by atoms with Gasteiger partial charge in [-0.25, -0.2) is 0 Å². The number of nitrogens with zero attached hydrogens (tertiary/aromatic N) is 1. The Kier molecular flexibility index (Phi) is 1.35. The van der Waals surface area contributed by atoms with Crippen LogP contribution in [0.4, 0.5) is 0 Å². The Hall–Kier alpha value is -0.860. The van der Waals surface area contributed by atoms with Gasteiger partial charge in [0.25, 0.3) is 0 Å². The number of carbonyl (C=O) groups excluding carboxylic acids is 2. The predicted octanol–water partition coefficient (Wildman–Crippen LogP) is 0.586. The first-order valence-electron chi connectivity index (χ1n) is 5.07. The van der Waals surface area contributed by atoms with Crippen LogP contribution in [0.25, 0.3) is 0 Å². The van der Waals surface area contributed by atoms with E-state index in [0.29, 0.717) is 36.5 Å². The summed E-state index contributed by atoms with van der Waals surface area (Å²) < 4.78 is 0. The van der Waals surface area contributed by atoms with Crippen LogP contribution in [0, 0.1) is 11.8 Å². The van der Waals surface area contributed by atoms with E-state index < -0.39 is 0 Å². The van der Waals surface area contributed by atoms with Gasteiger partial charge in [0.2, 0.25) is 5.91 Å². The molecular formula is C10H13NO2. The van der Waals surface area contributed by atoms with Crippen molar-refractivity contribution in [1.82, 2.24) is 4.90 Å². The molecule has 2 aliphatic heterocycles. The van der Waals surface area contributed by atoms with E-state index in [-0.39, 0.29) is 5.91 Å². The molecule has 1 amide bonds. The molecule has 70 valence electrons. The lowest BCUT2D eigenvalue weighted by Crippen LogP contribution is -2.37. The van der Waals surface area contributed by atoms with Crippen LogP contribution in [0.5, 0.6) is 0 Å². The van der Waals surface area contributed by atoms with Crippen molar-refractivity contribution >= 4 is 11.7 Å². The topological polar surface area (TPSA) is 37.4 Å². The molecule has 0 bridgehead atoms. The normalized spacial score (nSPS) is 42.8. The van der Waals surface area contributed by atoms with E-state index in [1.807, 2.05) is 4.90 Å². The quantitative estimate of drug-likeness (QED) is 0.545. The summed E-state index contributed by atoms with van der Waals surface area (Å²) in [5.41, 5.74) is 0. The van der Waals surface area contributed by atoms with E-state index in [9.17, 15) is 9.59 Å². The standard InChI is InChI=1S/C10H13NO2/c12-8-3-6-1-2-11-9(13)5-7(4-8)10(6)11/h6-7,10H,1-5H2/t6-,7-,10-/m0/s1. The maximum Gasteiger partial charge on any atom is 0.223 e. The van der Waals surface area contributed by atoms with Crippen LogP contribution in [0.2, 0.25) is 0 Å². The largest absolute Gasteiger partial charge is 0.339 e. The molecule has 2 heterocycles. The minimum absolute atomic E-state index is 0.284. The molecule has 0 aromatic heterocycles. The predicted molar refractivity (Wildman–Crippen MR) is 46.0 cm³/mol. The van der Waals surface area contributed by atoms with Crippen molar-refractivity contribution in [1.29, 1.82) is 0 Å². The number of amides is 1. The number of ketones is 1. The Morgan fingerprint density at radius 1 is 1.08 bits per heavy atom. The average Bonchev–Trinajstić information content (AvgIpc) is 2.58. The molecule has 0 aromatic carbocycles. The van der Waals surface area contributed by atoms with E-state index in [1.165, 1.54) is 0 Å². The van der Waals surface area contributed by atoms with Crippen LogP contribution in [-0.2, 0) is 9.59 Å². The van der Waals surface area contributed by atoms with Gasteiger partial charge in [0.05, 0.1) is 0 Å². The molecule has 1 saturated carbocycles. The van der Waals surface area contributed by atoms with Gasteiger partial charge in [-0.3, -0.25) is 9.59 Å². The van der Waals surface area contributed by atoms with Crippen molar-refractivity contribution < 1.29 is 9.59 Å². The zero-order valence-corrected chi connectivity index (χ0v) is 7.53.